The first-order valence-corrected chi connectivity index (χ1v) is 17.0. The number of nitrogens with zero attached hydrogens (tertiary/aromatic N) is 2. The minimum Gasteiger partial charge on any atom is -0.381 e. The summed E-state index contributed by atoms with van der Waals surface area (Å²) in [5, 5.41) is 15.8. The number of rotatable bonds is 8. The van der Waals surface area contributed by atoms with Crippen molar-refractivity contribution >= 4 is 5.69 Å². The largest absolute Gasteiger partial charge is 0.381 e. The van der Waals surface area contributed by atoms with Gasteiger partial charge >= 0.3 is 0 Å². The molecule has 8 heteroatoms. The Morgan fingerprint density at radius 2 is 1.81 bits per heavy atom. The highest BCUT2D eigenvalue weighted by Crippen LogP contribution is 2.54. The molecule has 0 spiro atoms. The van der Waals surface area contributed by atoms with E-state index in [9.17, 15) is 0 Å². The molecule has 0 saturated carbocycles. The van der Waals surface area contributed by atoms with Gasteiger partial charge in [-0.2, -0.15) is 0 Å². The molecule has 8 atom stereocenters. The van der Waals surface area contributed by atoms with E-state index in [1.807, 2.05) is 0 Å². The lowest BCUT2D eigenvalue weighted by Gasteiger charge is -2.53. The van der Waals surface area contributed by atoms with Crippen LogP contribution in [-0.4, -0.2) is 99.2 Å². The molecule has 5 aliphatic heterocycles. The van der Waals surface area contributed by atoms with Crippen molar-refractivity contribution in [3.05, 3.63) is 29.8 Å². The molecule has 4 N–H and O–H groups in total. The first kappa shape index (κ1) is 30.8. The second kappa shape index (κ2) is 12.3. The predicted octanol–water partition coefficient (Wildman–Crippen LogP) is 4.26. The Bertz CT molecular complexity index is 1040. The SMILES string of the molecule is CCC[N+]1(C)CC2C(NC1Nc1ccc(C3CCOCC3)cc1)N(C1CCCC(CNC)N1)[C@H]1CC(C)(C)OC[C@@]21C. The predicted molar refractivity (Wildman–Crippen MR) is 170 cm³/mol. The van der Waals surface area contributed by atoms with Crippen molar-refractivity contribution in [1.82, 2.24) is 20.9 Å². The Kier molecular flexibility index (Phi) is 8.98. The zero-order chi connectivity index (χ0) is 29.5. The number of quaternary nitrogens is 1. The summed E-state index contributed by atoms with van der Waals surface area (Å²) in [7, 11) is 4.55. The van der Waals surface area contributed by atoms with Crippen LogP contribution in [0.3, 0.4) is 0 Å². The minimum absolute atomic E-state index is 0.0968. The normalized spacial score (nSPS) is 40.8. The van der Waals surface area contributed by atoms with Crippen LogP contribution >= 0.6 is 0 Å². The molecule has 1 aromatic carbocycles. The maximum Gasteiger partial charge on any atom is 0.221 e. The van der Waals surface area contributed by atoms with Gasteiger partial charge in [-0.15, -0.1) is 0 Å². The summed E-state index contributed by atoms with van der Waals surface area (Å²) in [4.78, 5) is 2.90. The van der Waals surface area contributed by atoms with Crippen LogP contribution in [0.4, 0.5) is 5.69 Å². The Morgan fingerprint density at radius 3 is 2.52 bits per heavy atom. The van der Waals surface area contributed by atoms with Crippen molar-refractivity contribution in [2.45, 2.75) is 115 Å². The van der Waals surface area contributed by atoms with E-state index < -0.39 is 0 Å². The van der Waals surface area contributed by atoms with Crippen LogP contribution in [0, 0.1) is 11.3 Å². The zero-order valence-electron chi connectivity index (χ0n) is 27.3. The number of likely N-dealkylation sites (tertiary alicyclic amines) is 1. The van der Waals surface area contributed by atoms with Gasteiger partial charge in [0.15, 0.2) is 0 Å². The van der Waals surface area contributed by atoms with Crippen LogP contribution in [0.25, 0.3) is 0 Å². The van der Waals surface area contributed by atoms with Crippen LogP contribution in [0.1, 0.15) is 84.1 Å². The Labute approximate surface area is 255 Å². The van der Waals surface area contributed by atoms with E-state index in [1.54, 1.807) is 0 Å². The van der Waals surface area contributed by atoms with Gasteiger partial charge in [0.2, 0.25) is 6.29 Å². The fourth-order valence-electron chi connectivity index (χ4n) is 9.19. The van der Waals surface area contributed by atoms with E-state index in [0.717, 1.165) is 63.2 Å². The van der Waals surface area contributed by atoms with Crippen molar-refractivity contribution in [3.63, 3.8) is 0 Å². The maximum atomic E-state index is 6.62. The molecule has 5 heterocycles. The second-order valence-corrected chi connectivity index (χ2v) is 15.2. The van der Waals surface area contributed by atoms with Gasteiger partial charge in [0.1, 0.15) is 0 Å². The molecule has 1 aromatic rings. The molecule has 6 rings (SSSR count). The number of nitrogens with one attached hydrogen (secondary N) is 4. The average molecular weight is 584 g/mol. The molecule has 6 unspecified atom stereocenters. The molecule has 5 fully saturated rings. The summed E-state index contributed by atoms with van der Waals surface area (Å²) >= 11 is 0. The second-order valence-electron chi connectivity index (χ2n) is 15.2. The highest BCUT2D eigenvalue weighted by molar-refractivity contribution is 5.45. The summed E-state index contributed by atoms with van der Waals surface area (Å²) in [5.74, 6) is 1.15. The Morgan fingerprint density at radius 1 is 1.05 bits per heavy atom. The molecule has 0 aromatic heterocycles. The third-order valence-electron chi connectivity index (χ3n) is 11.6. The van der Waals surface area contributed by atoms with Gasteiger partial charge in [-0.05, 0) is 89.5 Å². The first-order chi connectivity index (χ1) is 20.2. The molecule has 0 radical (unpaired) electrons. The molecule has 0 aliphatic carbocycles. The van der Waals surface area contributed by atoms with Crippen molar-refractivity contribution in [3.8, 4) is 0 Å². The van der Waals surface area contributed by atoms with Crippen molar-refractivity contribution in [1.29, 1.82) is 0 Å². The van der Waals surface area contributed by atoms with Gasteiger partial charge in [0.05, 0.1) is 44.7 Å². The van der Waals surface area contributed by atoms with Gasteiger partial charge in [-0.1, -0.05) is 26.0 Å². The standard InChI is InChI=1S/C34H59N6O2/c1-7-17-40(6)22-28-31(38-32(40)37-26-13-11-24(12-14-26)25-15-18-41-19-16-25)39(30-10-8-9-27(36-30)21-35-5)29-20-33(2,3)42-23-34(28,29)4/h11-14,25,27-32,35-38H,7-10,15-23H2,1-6H3/q+1/t27?,28?,29-,30?,31?,32?,34-,40?/m0/s1. The third-order valence-corrected chi connectivity index (χ3v) is 11.6. The molecule has 5 aliphatic rings. The van der Waals surface area contributed by atoms with Crippen LogP contribution < -0.4 is 21.3 Å². The molecule has 5 saturated heterocycles. The van der Waals surface area contributed by atoms with E-state index in [2.05, 4.69) is 92.2 Å². The highest BCUT2D eigenvalue weighted by Gasteiger charge is 2.66. The monoisotopic (exact) mass is 583 g/mol. The number of piperidine rings is 1. The van der Waals surface area contributed by atoms with E-state index in [1.165, 1.54) is 36.9 Å². The lowest BCUT2D eigenvalue weighted by atomic mass is 9.69. The minimum atomic E-state index is -0.0968. The average Bonchev–Trinajstić information content (AvgIpc) is 3.20. The molecule has 0 amide bonds. The fraction of sp³-hybridized carbons (Fsp3) is 0.824. The summed E-state index contributed by atoms with van der Waals surface area (Å²) in [6.45, 7) is 15.4. The number of hydrogen-bond donors (Lipinski definition) is 4. The lowest BCUT2D eigenvalue weighted by Crippen LogP contribution is -2.74. The molecular formula is C34H59N6O2+. The van der Waals surface area contributed by atoms with E-state index in [-0.39, 0.29) is 17.3 Å². The number of benzene rings is 1. The summed E-state index contributed by atoms with van der Waals surface area (Å²) < 4.78 is 13.2. The van der Waals surface area contributed by atoms with E-state index in [0.29, 0.717) is 36.3 Å². The number of hydrogen-bond acceptors (Lipinski definition) is 7. The van der Waals surface area contributed by atoms with Gasteiger partial charge in [0.25, 0.3) is 0 Å². The summed E-state index contributed by atoms with van der Waals surface area (Å²) in [6, 6.07) is 10.3. The summed E-state index contributed by atoms with van der Waals surface area (Å²) in [5.41, 5.74) is 2.69. The van der Waals surface area contributed by atoms with Gasteiger partial charge < -0.3 is 20.1 Å². The van der Waals surface area contributed by atoms with Crippen molar-refractivity contribution in [2.24, 2.45) is 11.3 Å². The first-order valence-electron chi connectivity index (χ1n) is 17.0. The van der Waals surface area contributed by atoms with Gasteiger partial charge in [-0.25, -0.2) is 5.32 Å². The Balaban J connectivity index is 1.28. The van der Waals surface area contributed by atoms with Gasteiger partial charge in [-0.3, -0.25) is 14.7 Å². The van der Waals surface area contributed by atoms with Gasteiger partial charge in [0, 0.05) is 48.9 Å². The molecular weight excluding hydrogens is 524 g/mol. The topological polar surface area (TPSA) is 69.8 Å². The molecule has 42 heavy (non-hydrogen) atoms. The smallest absolute Gasteiger partial charge is 0.221 e. The molecule has 236 valence electrons. The van der Waals surface area contributed by atoms with Crippen molar-refractivity contribution < 1.29 is 14.0 Å². The Hall–Kier alpha value is -1.26. The van der Waals surface area contributed by atoms with Crippen LogP contribution in [0.2, 0.25) is 0 Å². The van der Waals surface area contributed by atoms with E-state index in [4.69, 9.17) is 9.47 Å². The third kappa shape index (κ3) is 5.90. The highest BCUT2D eigenvalue weighted by atomic mass is 16.5. The summed E-state index contributed by atoms with van der Waals surface area (Å²) in [6.07, 6.45) is 9.11. The number of likely N-dealkylation sites (N-methyl/N-ethyl adjacent to an activating group) is 1. The maximum absolute atomic E-state index is 6.62. The fourth-order valence-corrected chi connectivity index (χ4v) is 9.19. The van der Waals surface area contributed by atoms with E-state index >= 15 is 0 Å². The zero-order valence-corrected chi connectivity index (χ0v) is 27.3. The quantitative estimate of drug-likeness (QED) is 0.341. The molecule has 0 bridgehead atoms. The van der Waals surface area contributed by atoms with Crippen LogP contribution in [0.5, 0.6) is 0 Å². The number of ether oxygens (including phenoxy) is 2. The number of anilines is 1. The van der Waals surface area contributed by atoms with Crippen LogP contribution in [-0.2, 0) is 9.47 Å². The lowest BCUT2D eigenvalue weighted by molar-refractivity contribution is -0.943. The van der Waals surface area contributed by atoms with Crippen LogP contribution in [0.15, 0.2) is 24.3 Å². The molecule has 8 nitrogen and oxygen atoms in total. The number of fused-ring (bicyclic) bond motifs is 3. The van der Waals surface area contributed by atoms with Crippen molar-refractivity contribution in [2.75, 3.05) is 58.9 Å².